The second-order valence-corrected chi connectivity index (χ2v) is 10.7. The summed E-state index contributed by atoms with van der Waals surface area (Å²) < 4.78 is 5.10. The van der Waals surface area contributed by atoms with Crippen molar-refractivity contribution in [3.05, 3.63) is 71.4 Å². The highest BCUT2D eigenvalue weighted by atomic mass is 16.5. The van der Waals surface area contributed by atoms with Gasteiger partial charge in [0.15, 0.2) is 5.78 Å². The highest BCUT2D eigenvalue weighted by molar-refractivity contribution is 5.96. The van der Waals surface area contributed by atoms with Crippen LogP contribution in [0, 0.1) is 11.8 Å². The Balaban J connectivity index is 1.38. The average Bonchev–Trinajstić information content (AvgIpc) is 3.58. The first-order valence-electron chi connectivity index (χ1n) is 13.9. The Kier molecular flexibility index (Phi) is 7.93. The smallest absolute Gasteiger partial charge is 0.354 e. The fraction of sp³-hybridized carbons (Fsp3) is 0.452. The van der Waals surface area contributed by atoms with Crippen LogP contribution in [0.15, 0.2) is 54.6 Å². The minimum Gasteiger partial charge on any atom is -0.461 e. The molecule has 2 heterocycles. The summed E-state index contributed by atoms with van der Waals surface area (Å²) in [4.78, 5) is 44.8. The molecule has 1 amide bonds. The maximum absolute atomic E-state index is 13.9. The lowest BCUT2D eigenvalue weighted by Gasteiger charge is -2.33. The van der Waals surface area contributed by atoms with Gasteiger partial charge in [0.1, 0.15) is 5.69 Å². The number of carbonyl (C=O) groups excluding carboxylic acids is 3. The van der Waals surface area contributed by atoms with Gasteiger partial charge in [-0.15, -0.1) is 0 Å². The summed E-state index contributed by atoms with van der Waals surface area (Å²) in [5.41, 5.74) is 9.05. The molecule has 1 aromatic heterocycles. The van der Waals surface area contributed by atoms with Gasteiger partial charge in [-0.25, -0.2) is 4.79 Å². The van der Waals surface area contributed by atoms with E-state index in [1.807, 2.05) is 41.3 Å². The molecule has 3 N–H and O–H groups in total. The van der Waals surface area contributed by atoms with Crippen molar-refractivity contribution in [3.63, 3.8) is 0 Å². The van der Waals surface area contributed by atoms with E-state index in [-0.39, 0.29) is 29.9 Å². The third-order valence-corrected chi connectivity index (χ3v) is 8.33. The van der Waals surface area contributed by atoms with Crippen molar-refractivity contribution in [1.82, 2.24) is 9.88 Å². The van der Waals surface area contributed by atoms with E-state index in [9.17, 15) is 14.4 Å². The quantitative estimate of drug-likeness (QED) is 0.427. The molecular weight excluding hydrogens is 478 g/mol. The van der Waals surface area contributed by atoms with E-state index in [0.717, 1.165) is 54.1 Å². The second kappa shape index (κ2) is 11.5. The number of H-pyrrole nitrogens is 1. The lowest BCUT2D eigenvalue weighted by atomic mass is 9.81. The van der Waals surface area contributed by atoms with E-state index in [1.54, 1.807) is 13.0 Å². The van der Waals surface area contributed by atoms with Crippen molar-refractivity contribution >= 4 is 28.6 Å². The Morgan fingerprint density at radius 3 is 2.47 bits per heavy atom. The van der Waals surface area contributed by atoms with Gasteiger partial charge in [-0.1, -0.05) is 36.4 Å². The molecule has 1 saturated heterocycles. The third-order valence-electron chi connectivity index (χ3n) is 8.33. The first-order chi connectivity index (χ1) is 18.5. The zero-order valence-corrected chi connectivity index (χ0v) is 22.0. The van der Waals surface area contributed by atoms with Gasteiger partial charge in [-0.3, -0.25) is 9.59 Å². The monoisotopic (exact) mass is 515 g/mol. The molecule has 7 nitrogen and oxygen atoms in total. The number of carbonyl (C=O) groups is 3. The molecule has 0 radical (unpaired) electrons. The van der Waals surface area contributed by atoms with Crippen LogP contribution in [0.4, 0.5) is 0 Å². The molecule has 0 spiro atoms. The zero-order valence-electron chi connectivity index (χ0n) is 22.0. The summed E-state index contributed by atoms with van der Waals surface area (Å²) in [7, 11) is 0. The van der Waals surface area contributed by atoms with Gasteiger partial charge in [0.2, 0.25) is 5.91 Å². The number of hydrogen-bond donors (Lipinski definition) is 2. The van der Waals surface area contributed by atoms with Gasteiger partial charge >= 0.3 is 5.97 Å². The fourth-order valence-electron chi connectivity index (χ4n) is 6.28. The molecule has 0 bridgehead atoms. The second-order valence-electron chi connectivity index (χ2n) is 10.7. The van der Waals surface area contributed by atoms with Crippen LogP contribution in [0.5, 0.6) is 0 Å². The largest absolute Gasteiger partial charge is 0.461 e. The van der Waals surface area contributed by atoms with E-state index in [0.29, 0.717) is 31.3 Å². The number of likely N-dealkylation sites (tertiary alicyclic amines) is 1. The third kappa shape index (κ3) is 5.39. The lowest BCUT2D eigenvalue weighted by molar-refractivity contribution is -0.142. The number of aromatic amines is 1. The normalized spacial score (nSPS) is 23.5. The van der Waals surface area contributed by atoms with E-state index in [4.69, 9.17) is 10.5 Å². The highest BCUT2D eigenvalue weighted by Crippen LogP contribution is 2.38. The summed E-state index contributed by atoms with van der Waals surface area (Å²) in [5, 5.41) is 0.856. The Morgan fingerprint density at radius 1 is 1.00 bits per heavy atom. The van der Waals surface area contributed by atoms with Crippen LogP contribution in [0.3, 0.4) is 0 Å². The fourth-order valence-corrected chi connectivity index (χ4v) is 6.28. The van der Waals surface area contributed by atoms with Crippen LogP contribution < -0.4 is 5.73 Å². The van der Waals surface area contributed by atoms with Gasteiger partial charge in [-0.05, 0) is 80.8 Å². The predicted octanol–water partition coefficient (Wildman–Crippen LogP) is 4.61. The van der Waals surface area contributed by atoms with E-state index in [2.05, 4.69) is 17.1 Å². The van der Waals surface area contributed by atoms with Crippen molar-refractivity contribution in [2.75, 3.05) is 19.7 Å². The van der Waals surface area contributed by atoms with Gasteiger partial charge in [0.05, 0.1) is 12.6 Å². The number of ether oxygens (including phenoxy) is 1. The molecule has 2 aliphatic rings. The Bertz CT molecular complexity index is 1290. The van der Waals surface area contributed by atoms with Crippen molar-refractivity contribution < 1.29 is 19.1 Å². The van der Waals surface area contributed by atoms with Crippen LogP contribution in [0.1, 0.15) is 66.6 Å². The maximum Gasteiger partial charge on any atom is 0.354 e. The van der Waals surface area contributed by atoms with Crippen LogP contribution in [-0.4, -0.2) is 53.3 Å². The first-order valence-corrected chi connectivity index (χ1v) is 13.9. The molecule has 1 saturated carbocycles. The number of nitrogens with zero attached hydrogens (tertiary/aromatic N) is 1. The standard InChI is InChI=1S/C31H37N3O4/c1-2-38-31(37)27-18-24-16-21(10-13-26(24)33-27)17-28(35)29-25(22-6-4-3-5-7-22)14-15-34(29)30(36)23-11-8-20(19-32)9-12-23/h3-7,10,13,16,18,20,23,25,29,33H,2,8-9,11-12,14-15,17,19,32H2,1H3. The molecule has 5 rings (SSSR count). The van der Waals surface area contributed by atoms with E-state index in [1.165, 1.54) is 0 Å². The van der Waals surface area contributed by atoms with Gasteiger partial charge in [0, 0.05) is 35.7 Å². The molecule has 2 atom stereocenters. The van der Waals surface area contributed by atoms with E-state index >= 15 is 0 Å². The van der Waals surface area contributed by atoms with Gasteiger partial charge in [0.25, 0.3) is 0 Å². The number of ketones is 1. The van der Waals surface area contributed by atoms with Crippen molar-refractivity contribution in [2.45, 2.75) is 57.4 Å². The topological polar surface area (TPSA) is 105 Å². The molecule has 2 unspecified atom stereocenters. The number of nitrogens with two attached hydrogens (primary N) is 1. The predicted molar refractivity (Wildman–Crippen MR) is 147 cm³/mol. The molecule has 2 fully saturated rings. The molecule has 38 heavy (non-hydrogen) atoms. The lowest BCUT2D eigenvalue weighted by Crippen LogP contribution is -2.46. The summed E-state index contributed by atoms with van der Waals surface area (Å²) >= 11 is 0. The summed E-state index contributed by atoms with van der Waals surface area (Å²) in [6.07, 6.45) is 4.66. The number of amides is 1. The Morgan fingerprint density at radius 2 is 1.76 bits per heavy atom. The summed E-state index contributed by atoms with van der Waals surface area (Å²) in [6, 6.07) is 17.1. The molecule has 2 aromatic carbocycles. The Labute approximate surface area is 223 Å². The summed E-state index contributed by atoms with van der Waals surface area (Å²) in [6.45, 7) is 3.36. The molecule has 200 valence electrons. The number of rotatable bonds is 8. The number of aromatic nitrogens is 1. The molecule has 1 aliphatic carbocycles. The van der Waals surface area contributed by atoms with E-state index < -0.39 is 12.0 Å². The molecule has 1 aliphatic heterocycles. The number of benzene rings is 2. The van der Waals surface area contributed by atoms with Crippen LogP contribution in [0.2, 0.25) is 0 Å². The summed E-state index contributed by atoms with van der Waals surface area (Å²) in [5.74, 6) is 0.241. The van der Waals surface area contributed by atoms with Gasteiger partial charge in [-0.2, -0.15) is 0 Å². The highest BCUT2D eigenvalue weighted by Gasteiger charge is 2.44. The molecular formula is C31H37N3O4. The van der Waals surface area contributed by atoms with Crippen LogP contribution in [-0.2, 0) is 20.7 Å². The van der Waals surface area contributed by atoms with Crippen LogP contribution >= 0.6 is 0 Å². The van der Waals surface area contributed by atoms with Crippen molar-refractivity contribution in [2.24, 2.45) is 17.6 Å². The molecule has 3 aromatic rings. The van der Waals surface area contributed by atoms with Gasteiger partial charge < -0.3 is 20.4 Å². The van der Waals surface area contributed by atoms with Crippen molar-refractivity contribution in [1.29, 1.82) is 0 Å². The minimum absolute atomic E-state index is 0.0144. The number of Topliss-reactive ketones (excluding diaryl/α,β-unsaturated/α-hetero) is 1. The SMILES string of the molecule is CCOC(=O)c1cc2cc(CC(=O)C3C(c4ccccc4)CCN3C(=O)C3CCC(CN)CC3)ccc2[nH]1. The number of fused-ring (bicyclic) bond motifs is 1. The number of nitrogens with one attached hydrogen (secondary N) is 1. The van der Waals surface area contributed by atoms with Crippen LogP contribution in [0.25, 0.3) is 10.9 Å². The average molecular weight is 516 g/mol. The first kappa shape index (κ1) is 26.2. The molecule has 7 heteroatoms. The number of hydrogen-bond acceptors (Lipinski definition) is 5. The maximum atomic E-state index is 13.9. The Hall–Kier alpha value is -3.45. The minimum atomic E-state index is -0.478. The number of esters is 1. The zero-order chi connectivity index (χ0) is 26.6. The van der Waals surface area contributed by atoms with Crippen molar-refractivity contribution in [3.8, 4) is 0 Å².